The van der Waals surface area contributed by atoms with Crippen LogP contribution in [0, 0.1) is 0 Å². The van der Waals surface area contributed by atoms with Gasteiger partial charge in [-0.05, 0) is 54.6 Å². The smallest absolute Gasteiger partial charge is 0.339 e. The molecule has 3 aromatic rings. The van der Waals surface area contributed by atoms with E-state index in [1.807, 2.05) is 0 Å². The summed E-state index contributed by atoms with van der Waals surface area (Å²) in [4.78, 5) is 11.0. The SMILES string of the molecule is O=C(O)c1cc(N=Nc2ccc(N=Nc3ccc(O)cc3O)cc2)ccc1O. The largest absolute Gasteiger partial charge is 0.508 e. The Balaban J connectivity index is 1.72. The second kappa shape index (κ2) is 7.96. The van der Waals surface area contributed by atoms with Gasteiger partial charge in [-0.2, -0.15) is 15.3 Å². The van der Waals surface area contributed by atoms with Crippen molar-refractivity contribution in [2.45, 2.75) is 0 Å². The summed E-state index contributed by atoms with van der Waals surface area (Å²) in [5, 5.41) is 53.2. The van der Waals surface area contributed by atoms with E-state index in [-0.39, 0.29) is 34.2 Å². The van der Waals surface area contributed by atoms with Gasteiger partial charge in [-0.25, -0.2) is 4.79 Å². The molecule has 0 radical (unpaired) electrons. The topological polar surface area (TPSA) is 147 Å². The fourth-order valence-electron chi connectivity index (χ4n) is 2.17. The highest BCUT2D eigenvalue weighted by atomic mass is 16.4. The van der Waals surface area contributed by atoms with Crippen LogP contribution in [0.4, 0.5) is 22.7 Å². The zero-order valence-electron chi connectivity index (χ0n) is 14.3. The minimum Gasteiger partial charge on any atom is -0.508 e. The molecule has 0 fully saturated rings. The Morgan fingerprint density at radius 2 is 1.21 bits per heavy atom. The van der Waals surface area contributed by atoms with Crippen molar-refractivity contribution in [2.24, 2.45) is 20.5 Å². The van der Waals surface area contributed by atoms with Gasteiger partial charge in [0.2, 0.25) is 0 Å². The fourth-order valence-corrected chi connectivity index (χ4v) is 2.17. The number of phenolic OH excluding ortho intramolecular Hbond substituents is 2. The van der Waals surface area contributed by atoms with Gasteiger partial charge in [0.15, 0.2) is 0 Å². The van der Waals surface area contributed by atoms with Gasteiger partial charge >= 0.3 is 5.97 Å². The maximum absolute atomic E-state index is 11.0. The third-order valence-electron chi connectivity index (χ3n) is 3.57. The summed E-state index contributed by atoms with van der Waals surface area (Å²) in [5.74, 6) is -1.87. The number of aromatic carboxylic acids is 1. The zero-order valence-corrected chi connectivity index (χ0v) is 14.3. The molecule has 9 nitrogen and oxygen atoms in total. The molecule has 0 heterocycles. The van der Waals surface area contributed by atoms with Crippen LogP contribution in [0.5, 0.6) is 17.2 Å². The van der Waals surface area contributed by atoms with Gasteiger partial charge in [-0.3, -0.25) is 0 Å². The maximum Gasteiger partial charge on any atom is 0.339 e. The quantitative estimate of drug-likeness (QED) is 0.443. The van der Waals surface area contributed by atoms with E-state index in [2.05, 4.69) is 20.5 Å². The van der Waals surface area contributed by atoms with E-state index in [1.165, 1.54) is 30.3 Å². The molecule has 3 aromatic carbocycles. The second-order valence-electron chi connectivity index (χ2n) is 5.60. The monoisotopic (exact) mass is 378 g/mol. The van der Waals surface area contributed by atoms with Crippen molar-refractivity contribution >= 4 is 28.7 Å². The summed E-state index contributed by atoms with van der Waals surface area (Å²) in [6, 6.07) is 14.4. The lowest BCUT2D eigenvalue weighted by Crippen LogP contribution is -1.95. The molecule has 0 saturated heterocycles. The number of carboxylic acid groups (broad SMARTS) is 1. The van der Waals surface area contributed by atoms with Crippen LogP contribution in [0.15, 0.2) is 81.1 Å². The van der Waals surface area contributed by atoms with Gasteiger partial charge in [-0.1, -0.05) is 0 Å². The van der Waals surface area contributed by atoms with Crippen molar-refractivity contribution in [3.05, 3.63) is 66.2 Å². The van der Waals surface area contributed by atoms with Crippen LogP contribution in [0.3, 0.4) is 0 Å². The van der Waals surface area contributed by atoms with E-state index in [9.17, 15) is 20.1 Å². The molecule has 0 aliphatic rings. The Bertz CT molecular complexity index is 1080. The lowest BCUT2D eigenvalue weighted by atomic mass is 10.2. The van der Waals surface area contributed by atoms with Gasteiger partial charge in [0.1, 0.15) is 28.5 Å². The summed E-state index contributed by atoms with van der Waals surface area (Å²) in [5.41, 5.74) is 1.23. The van der Waals surface area contributed by atoms with Gasteiger partial charge < -0.3 is 20.4 Å². The van der Waals surface area contributed by atoms with Crippen molar-refractivity contribution in [1.82, 2.24) is 0 Å². The van der Waals surface area contributed by atoms with Crippen LogP contribution in [0.1, 0.15) is 10.4 Å². The molecule has 4 N–H and O–H groups in total. The van der Waals surface area contributed by atoms with E-state index in [0.717, 1.165) is 6.07 Å². The van der Waals surface area contributed by atoms with Crippen molar-refractivity contribution in [1.29, 1.82) is 0 Å². The molecular formula is C19H14N4O5. The van der Waals surface area contributed by atoms with Gasteiger partial charge in [0, 0.05) is 6.07 Å². The molecule has 0 saturated carbocycles. The first kappa shape index (κ1) is 18.5. The number of nitrogens with zero attached hydrogens (tertiary/aromatic N) is 4. The fraction of sp³-hybridized carbons (Fsp3) is 0. The summed E-state index contributed by atoms with van der Waals surface area (Å²) in [6.45, 7) is 0. The number of benzene rings is 3. The van der Waals surface area contributed by atoms with E-state index < -0.39 is 5.97 Å². The van der Waals surface area contributed by atoms with Crippen LogP contribution < -0.4 is 0 Å². The highest BCUT2D eigenvalue weighted by Gasteiger charge is 2.09. The van der Waals surface area contributed by atoms with Crippen molar-refractivity contribution < 1.29 is 25.2 Å². The molecule has 28 heavy (non-hydrogen) atoms. The highest BCUT2D eigenvalue weighted by molar-refractivity contribution is 5.91. The Morgan fingerprint density at radius 1 is 0.643 bits per heavy atom. The van der Waals surface area contributed by atoms with Gasteiger partial charge in [0.25, 0.3) is 0 Å². The molecule has 0 atom stereocenters. The lowest BCUT2D eigenvalue weighted by Gasteiger charge is -2.00. The molecule has 0 amide bonds. The van der Waals surface area contributed by atoms with Crippen LogP contribution in [-0.2, 0) is 0 Å². The minimum absolute atomic E-state index is 0.0738. The second-order valence-corrected chi connectivity index (χ2v) is 5.60. The average molecular weight is 378 g/mol. The van der Waals surface area contributed by atoms with Crippen molar-refractivity contribution in [3.8, 4) is 17.2 Å². The molecule has 0 aliphatic carbocycles. The molecule has 140 valence electrons. The Labute approximate surface area is 158 Å². The molecule has 0 bridgehead atoms. The Kier molecular flexibility index (Phi) is 5.26. The number of hydrogen-bond donors (Lipinski definition) is 4. The highest BCUT2D eigenvalue weighted by Crippen LogP contribution is 2.31. The van der Waals surface area contributed by atoms with Crippen molar-refractivity contribution in [3.63, 3.8) is 0 Å². The predicted molar refractivity (Wildman–Crippen MR) is 99.6 cm³/mol. The molecule has 3 rings (SSSR count). The summed E-state index contributed by atoms with van der Waals surface area (Å²) in [6.07, 6.45) is 0. The third kappa shape index (κ3) is 4.47. The van der Waals surface area contributed by atoms with E-state index in [0.29, 0.717) is 11.4 Å². The van der Waals surface area contributed by atoms with Crippen LogP contribution in [0.25, 0.3) is 0 Å². The first-order chi connectivity index (χ1) is 13.4. The molecule has 0 unspecified atom stereocenters. The Morgan fingerprint density at radius 3 is 1.82 bits per heavy atom. The minimum atomic E-state index is -1.26. The third-order valence-corrected chi connectivity index (χ3v) is 3.57. The number of rotatable bonds is 5. The number of aromatic hydroxyl groups is 3. The summed E-state index contributed by atoms with van der Waals surface area (Å²) in [7, 11) is 0. The number of azo groups is 2. The average Bonchev–Trinajstić information content (AvgIpc) is 2.67. The van der Waals surface area contributed by atoms with Gasteiger partial charge in [0.05, 0.1) is 17.1 Å². The number of carbonyl (C=O) groups is 1. The number of hydrogen-bond acceptors (Lipinski definition) is 8. The van der Waals surface area contributed by atoms with E-state index >= 15 is 0 Å². The van der Waals surface area contributed by atoms with Crippen LogP contribution >= 0.6 is 0 Å². The summed E-state index contributed by atoms with van der Waals surface area (Å²) >= 11 is 0. The predicted octanol–water partition coefficient (Wildman–Crippen LogP) is 5.33. The lowest BCUT2D eigenvalue weighted by molar-refractivity contribution is 0.0693. The Hall–Kier alpha value is -4.27. The molecule has 0 aromatic heterocycles. The van der Waals surface area contributed by atoms with E-state index in [1.54, 1.807) is 24.3 Å². The van der Waals surface area contributed by atoms with Crippen molar-refractivity contribution in [2.75, 3.05) is 0 Å². The molecule has 9 heteroatoms. The van der Waals surface area contributed by atoms with Crippen LogP contribution in [-0.4, -0.2) is 26.4 Å². The maximum atomic E-state index is 11.0. The first-order valence-electron chi connectivity index (χ1n) is 7.94. The molecule has 0 spiro atoms. The van der Waals surface area contributed by atoms with Gasteiger partial charge in [-0.15, -0.1) is 5.11 Å². The summed E-state index contributed by atoms with van der Waals surface area (Å²) < 4.78 is 0. The standard InChI is InChI=1S/C19H14N4O5/c24-14-6-7-16(18(26)10-14)23-21-12-3-1-11(2-4-12)20-22-13-5-8-17(25)15(9-13)19(27)28/h1-10,24-26H,(H,27,28). The number of carboxylic acids is 1. The molecule has 0 aliphatic heterocycles. The normalized spacial score (nSPS) is 11.3. The van der Waals surface area contributed by atoms with E-state index in [4.69, 9.17) is 5.11 Å². The first-order valence-corrected chi connectivity index (χ1v) is 7.94. The molecular weight excluding hydrogens is 364 g/mol. The van der Waals surface area contributed by atoms with Crippen LogP contribution in [0.2, 0.25) is 0 Å². The zero-order chi connectivity index (χ0) is 20.1. The number of phenols is 3.